The van der Waals surface area contributed by atoms with Crippen molar-refractivity contribution in [1.82, 2.24) is 0 Å². The van der Waals surface area contributed by atoms with Crippen LogP contribution in [0.5, 0.6) is 0 Å². The van der Waals surface area contributed by atoms with Crippen LogP contribution in [0.15, 0.2) is 0 Å². The molecule has 0 saturated carbocycles. The van der Waals surface area contributed by atoms with Crippen LogP contribution in [0, 0.1) is 5.92 Å². The van der Waals surface area contributed by atoms with Gasteiger partial charge in [-0.3, -0.25) is 37.3 Å². The summed E-state index contributed by atoms with van der Waals surface area (Å²) >= 11 is 0. The van der Waals surface area contributed by atoms with Crippen LogP contribution in [-0.2, 0) is 65.4 Å². The highest BCUT2D eigenvalue weighted by Gasteiger charge is 2.30. The van der Waals surface area contributed by atoms with Gasteiger partial charge in [-0.15, -0.1) is 0 Å². The van der Waals surface area contributed by atoms with Crippen molar-refractivity contribution in [3.05, 3.63) is 0 Å². The average Bonchev–Trinajstić information content (AvgIpc) is 3.57. The lowest BCUT2D eigenvalue weighted by Crippen LogP contribution is -2.30. The van der Waals surface area contributed by atoms with Crippen molar-refractivity contribution < 1.29 is 80.2 Å². The van der Waals surface area contributed by atoms with Crippen LogP contribution in [0.2, 0.25) is 0 Å². The second-order valence-corrected chi connectivity index (χ2v) is 27.2. The van der Waals surface area contributed by atoms with Crippen molar-refractivity contribution in [3.63, 3.8) is 0 Å². The van der Waals surface area contributed by atoms with E-state index < -0.39 is 97.5 Å². The van der Waals surface area contributed by atoms with Crippen LogP contribution in [-0.4, -0.2) is 96.7 Å². The standard InChI is InChI=1S/C66H128O17P2/c1-6-9-12-15-17-19-20-21-22-23-24-25-26-27-28-29-32-37-42-47-52-66(71)83-62(56-77-64(69)50-45-40-36-33-30-31-34-39-43-48-59(4)5)58-81-85(74,75)79-54-60(67)53-78-84(72,73)80-57-61(55-76-63(68)49-44-38-14-11-8-3)82-65(70)51-46-41-35-18-16-13-10-7-2/h59-62,67H,6-58H2,1-5H3,(H,72,73)(H,74,75)/t60-,61+,62+/m0/s1. The highest BCUT2D eigenvalue weighted by atomic mass is 31.2. The molecular weight excluding hydrogens is 1130 g/mol. The first-order valence-electron chi connectivity index (χ1n) is 34.6. The third-order valence-corrected chi connectivity index (χ3v) is 17.2. The lowest BCUT2D eigenvalue weighted by atomic mass is 10.0. The highest BCUT2D eigenvalue weighted by molar-refractivity contribution is 7.47. The average molecular weight is 1260 g/mol. The molecule has 0 saturated heterocycles. The molecule has 0 aromatic heterocycles. The molecule has 0 amide bonds. The van der Waals surface area contributed by atoms with Gasteiger partial charge in [0.2, 0.25) is 0 Å². The summed E-state index contributed by atoms with van der Waals surface area (Å²) in [5.74, 6) is -1.40. The number of esters is 4. The molecule has 0 aliphatic carbocycles. The van der Waals surface area contributed by atoms with Gasteiger partial charge in [0.05, 0.1) is 26.4 Å². The van der Waals surface area contributed by atoms with E-state index in [0.717, 1.165) is 109 Å². The summed E-state index contributed by atoms with van der Waals surface area (Å²) in [6, 6.07) is 0. The summed E-state index contributed by atoms with van der Waals surface area (Å²) < 4.78 is 67.8. The molecule has 3 N–H and O–H groups in total. The molecule has 0 aliphatic heterocycles. The monoisotopic (exact) mass is 1250 g/mol. The van der Waals surface area contributed by atoms with E-state index in [4.69, 9.17) is 37.0 Å². The van der Waals surface area contributed by atoms with E-state index in [2.05, 4.69) is 34.6 Å². The zero-order chi connectivity index (χ0) is 62.8. The molecule has 2 unspecified atom stereocenters. The van der Waals surface area contributed by atoms with Crippen LogP contribution in [0.1, 0.15) is 336 Å². The Bertz CT molecular complexity index is 1650. The number of aliphatic hydroxyl groups excluding tert-OH is 1. The summed E-state index contributed by atoms with van der Waals surface area (Å²) in [5, 5.41) is 10.5. The number of hydrogen-bond acceptors (Lipinski definition) is 15. The number of carbonyl (C=O) groups is 4. The first-order chi connectivity index (χ1) is 41.0. The zero-order valence-corrected chi connectivity index (χ0v) is 56.5. The van der Waals surface area contributed by atoms with Gasteiger partial charge in [0.15, 0.2) is 12.2 Å². The summed E-state index contributed by atoms with van der Waals surface area (Å²) in [4.78, 5) is 71.9. The predicted molar refractivity (Wildman–Crippen MR) is 340 cm³/mol. The van der Waals surface area contributed by atoms with E-state index in [1.54, 1.807) is 0 Å². The van der Waals surface area contributed by atoms with Crippen LogP contribution >= 0.6 is 15.6 Å². The van der Waals surface area contributed by atoms with E-state index in [-0.39, 0.29) is 25.7 Å². The van der Waals surface area contributed by atoms with Gasteiger partial charge in [-0.25, -0.2) is 9.13 Å². The predicted octanol–water partition coefficient (Wildman–Crippen LogP) is 18.6. The maximum atomic E-state index is 13.0. The molecule has 85 heavy (non-hydrogen) atoms. The topological polar surface area (TPSA) is 237 Å². The number of rotatable bonds is 66. The minimum Gasteiger partial charge on any atom is -0.462 e. The van der Waals surface area contributed by atoms with Crippen molar-refractivity contribution in [2.24, 2.45) is 5.92 Å². The second-order valence-electron chi connectivity index (χ2n) is 24.3. The minimum absolute atomic E-state index is 0.104. The molecular formula is C66H128O17P2. The van der Waals surface area contributed by atoms with Gasteiger partial charge in [0.1, 0.15) is 19.3 Å². The Kier molecular flexibility index (Phi) is 58.3. The van der Waals surface area contributed by atoms with E-state index in [0.29, 0.717) is 25.7 Å². The van der Waals surface area contributed by atoms with Crippen LogP contribution in [0.3, 0.4) is 0 Å². The molecule has 0 spiro atoms. The summed E-state index contributed by atoms with van der Waals surface area (Å²) in [6.45, 7) is 7.07. The number of phosphoric ester groups is 2. The molecule has 0 heterocycles. The van der Waals surface area contributed by atoms with Gasteiger partial charge >= 0.3 is 39.5 Å². The Morgan fingerprint density at radius 2 is 0.541 bits per heavy atom. The summed E-state index contributed by atoms with van der Waals surface area (Å²) in [6.07, 6.45) is 45.1. The fraction of sp³-hybridized carbons (Fsp3) is 0.939. The number of hydrogen-bond donors (Lipinski definition) is 3. The fourth-order valence-corrected chi connectivity index (χ4v) is 11.5. The Hall–Kier alpha value is -1.94. The second kappa shape index (κ2) is 59.7. The minimum atomic E-state index is -4.94. The lowest BCUT2D eigenvalue weighted by molar-refractivity contribution is -0.161. The molecule has 19 heteroatoms. The largest absolute Gasteiger partial charge is 0.472 e. The molecule has 5 atom stereocenters. The van der Waals surface area contributed by atoms with Gasteiger partial charge in [0.25, 0.3) is 0 Å². The van der Waals surface area contributed by atoms with Crippen LogP contribution in [0.4, 0.5) is 0 Å². The SMILES string of the molecule is CCCCCCCCCCCCCCCCCCCCCCC(=O)O[C@H](COC(=O)CCCCCCCCCCCC(C)C)COP(=O)(O)OC[C@@H](O)COP(=O)(O)OC[C@@H](COC(=O)CCCCCCC)OC(=O)CCCCCCCCCC. The first-order valence-corrected chi connectivity index (χ1v) is 37.6. The van der Waals surface area contributed by atoms with Crippen molar-refractivity contribution in [2.75, 3.05) is 39.6 Å². The van der Waals surface area contributed by atoms with Gasteiger partial charge in [-0.05, 0) is 31.6 Å². The lowest BCUT2D eigenvalue weighted by Gasteiger charge is -2.21. The maximum absolute atomic E-state index is 13.0. The van der Waals surface area contributed by atoms with Gasteiger partial charge in [-0.1, -0.05) is 285 Å². The Balaban J connectivity index is 5.10. The molecule has 0 aromatic rings. The fourth-order valence-electron chi connectivity index (χ4n) is 9.94. The normalized spacial score (nSPS) is 14.2. The van der Waals surface area contributed by atoms with E-state index in [1.807, 2.05) is 0 Å². The third kappa shape index (κ3) is 60.7. The van der Waals surface area contributed by atoms with Gasteiger partial charge in [0, 0.05) is 25.7 Å². The summed E-state index contributed by atoms with van der Waals surface area (Å²) in [7, 11) is -9.88. The summed E-state index contributed by atoms with van der Waals surface area (Å²) in [5.41, 5.74) is 0. The smallest absolute Gasteiger partial charge is 0.462 e. The number of phosphoric acid groups is 2. The Morgan fingerprint density at radius 3 is 0.800 bits per heavy atom. The molecule has 0 bridgehead atoms. The van der Waals surface area contributed by atoms with Crippen molar-refractivity contribution in [2.45, 2.75) is 355 Å². The van der Waals surface area contributed by atoms with Crippen molar-refractivity contribution in [3.8, 4) is 0 Å². The van der Waals surface area contributed by atoms with E-state index in [9.17, 15) is 43.2 Å². The Morgan fingerprint density at radius 1 is 0.318 bits per heavy atom. The van der Waals surface area contributed by atoms with Gasteiger partial charge < -0.3 is 33.8 Å². The quantitative estimate of drug-likeness (QED) is 0.0222. The molecule has 0 rings (SSSR count). The number of ether oxygens (including phenoxy) is 4. The van der Waals surface area contributed by atoms with Crippen molar-refractivity contribution in [1.29, 1.82) is 0 Å². The van der Waals surface area contributed by atoms with Crippen LogP contribution < -0.4 is 0 Å². The number of aliphatic hydroxyl groups is 1. The van der Waals surface area contributed by atoms with Gasteiger partial charge in [-0.2, -0.15) is 0 Å². The number of unbranched alkanes of at least 4 members (excludes halogenated alkanes) is 38. The first kappa shape index (κ1) is 83.1. The third-order valence-electron chi connectivity index (χ3n) is 15.3. The van der Waals surface area contributed by atoms with E-state index >= 15 is 0 Å². The molecule has 0 fully saturated rings. The molecule has 504 valence electrons. The van der Waals surface area contributed by atoms with Crippen molar-refractivity contribution >= 4 is 39.5 Å². The van der Waals surface area contributed by atoms with Crippen LogP contribution in [0.25, 0.3) is 0 Å². The molecule has 0 radical (unpaired) electrons. The Labute approximate surface area is 517 Å². The van der Waals surface area contributed by atoms with E-state index in [1.165, 1.54) is 148 Å². The highest BCUT2D eigenvalue weighted by Crippen LogP contribution is 2.45. The molecule has 0 aromatic carbocycles. The maximum Gasteiger partial charge on any atom is 0.472 e. The molecule has 17 nitrogen and oxygen atoms in total. The zero-order valence-electron chi connectivity index (χ0n) is 54.7. The number of carbonyl (C=O) groups excluding carboxylic acids is 4. The molecule has 0 aliphatic rings.